The SMILES string of the molecule is CC(=O)Nc1cc(C(=O)NC2(C(=O)O)CC2)cc(C(F)(F)F)c1. The van der Waals surface area contributed by atoms with Crippen LogP contribution in [0.5, 0.6) is 0 Å². The van der Waals surface area contributed by atoms with E-state index in [2.05, 4.69) is 10.6 Å². The van der Waals surface area contributed by atoms with Crippen LogP contribution in [0.2, 0.25) is 0 Å². The monoisotopic (exact) mass is 330 g/mol. The molecule has 1 aliphatic rings. The van der Waals surface area contributed by atoms with Crippen LogP contribution in [0.25, 0.3) is 0 Å². The molecular formula is C14H13F3N2O4. The number of aliphatic carboxylic acids is 1. The van der Waals surface area contributed by atoms with Crippen molar-refractivity contribution < 1.29 is 32.7 Å². The van der Waals surface area contributed by atoms with Crippen LogP contribution in [0.1, 0.15) is 35.7 Å². The van der Waals surface area contributed by atoms with Gasteiger partial charge >= 0.3 is 12.1 Å². The van der Waals surface area contributed by atoms with Crippen molar-refractivity contribution in [1.82, 2.24) is 5.32 Å². The molecule has 1 aromatic rings. The average Bonchev–Trinajstić information content (AvgIpc) is 3.17. The van der Waals surface area contributed by atoms with Crippen LogP contribution in [0.15, 0.2) is 18.2 Å². The van der Waals surface area contributed by atoms with Gasteiger partial charge in [-0.05, 0) is 31.0 Å². The van der Waals surface area contributed by atoms with Gasteiger partial charge in [0.25, 0.3) is 5.91 Å². The number of anilines is 1. The summed E-state index contributed by atoms with van der Waals surface area (Å²) in [6.07, 6.45) is -4.29. The maximum Gasteiger partial charge on any atom is 0.416 e. The number of halogens is 3. The second kappa shape index (κ2) is 5.56. The molecule has 1 saturated carbocycles. The molecule has 23 heavy (non-hydrogen) atoms. The van der Waals surface area contributed by atoms with E-state index in [1.807, 2.05) is 0 Å². The number of nitrogens with one attached hydrogen (secondary N) is 2. The van der Waals surface area contributed by atoms with Crippen molar-refractivity contribution in [2.24, 2.45) is 0 Å². The Kier molecular flexibility index (Phi) is 4.06. The molecule has 1 fully saturated rings. The maximum atomic E-state index is 12.9. The van der Waals surface area contributed by atoms with Crippen molar-refractivity contribution in [1.29, 1.82) is 0 Å². The number of alkyl halides is 3. The van der Waals surface area contributed by atoms with Crippen LogP contribution in [0.3, 0.4) is 0 Å². The van der Waals surface area contributed by atoms with E-state index in [-0.39, 0.29) is 24.1 Å². The van der Waals surface area contributed by atoms with Gasteiger partial charge in [0, 0.05) is 18.2 Å². The number of benzene rings is 1. The van der Waals surface area contributed by atoms with Crippen LogP contribution < -0.4 is 10.6 Å². The van der Waals surface area contributed by atoms with Gasteiger partial charge < -0.3 is 15.7 Å². The molecule has 1 aliphatic carbocycles. The molecule has 9 heteroatoms. The highest BCUT2D eigenvalue weighted by molar-refractivity contribution is 6.00. The molecule has 0 atom stereocenters. The van der Waals surface area contributed by atoms with Crippen molar-refractivity contribution >= 4 is 23.5 Å². The predicted molar refractivity (Wildman–Crippen MR) is 72.8 cm³/mol. The molecule has 0 spiro atoms. The van der Waals surface area contributed by atoms with E-state index in [9.17, 15) is 27.6 Å². The number of hydrogen-bond donors (Lipinski definition) is 3. The molecule has 124 valence electrons. The van der Waals surface area contributed by atoms with Gasteiger partial charge in [-0.2, -0.15) is 13.2 Å². The highest BCUT2D eigenvalue weighted by Crippen LogP contribution is 2.36. The minimum Gasteiger partial charge on any atom is -0.480 e. The summed E-state index contributed by atoms with van der Waals surface area (Å²) in [5.41, 5.74) is -3.11. The predicted octanol–water partition coefficient (Wildman–Crippen LogP) is 2.01. The van der Waals surface area contributed by atoms with E-state index in [1.54, 1.807) is 0 Å². The molecule has 0 heterocycles. The van der Waals surface area contributed by atoms with Gasteiger partial charge in [-0.1, -0.05) is 0 Å². The van der Waals surface area contributed by atoms with E-state index < -0.39 is 35.1 Å². The lowest BCUT2D eigenvalue weighted by atomic mass is 10.1. The van der Waals surface area contributed by atoms with Gasteiger partial charge in [0.1, 0.15) is 5.54 Å². The van der Waals surface area contributed by atoms with E-state index >= 15 is 0 Å². The maximum absolute atomic E-state index is 12.9. The second-order valence-electron chi connectivity index (χ2n) is 5.32. The van der Waals surface area contributed by atoms with Crippen LogP contribution in [0, 0.1) is 0 Å². The largest absolute Gasteiger partial charge is 0.480 e. The third-order valence-corrected chi connectivity index (χ3v) is 3.36. The number of carboxylic acid groups (broad SMARTS) is 1. The summed E-state index contributed by atoms with van der Waals surface area (Å²) >= 11 is 0. The van der Waals surface area contributed by atoms with E-state index in [1.165, 1.54) is 0 Å². The van der Waals surface area contributed by atoms with Gasteiger partial charge in [-0.25, -0.2) is 4.79 Å². The lowest BCUT2D eigenvalue weighted by molar-refractivity contribution is -0.140. The topological polar surface area (TPSA) is 95.5 Å². The number of amides is 2. The van der Waals surface area contributed by atoms with Crippen molar-refractivity contribution in [3.63, 3.8) is 0 Å². The first-order chi connectivity index (χ1) is 10.5. The summed E-state index contributed by atoms with van der Waals surface area (Å²) in [5, 5.41) is 13.4. The quantitative estimate of drug-likeness (QED) is 0.787. The summed E-state index contributed by atoms with van der Waals surface area (Å²) in [6.45, 7) is 1.11. The molecule has 0 saturated heterocycles. The molecule has 6 nitrogen and oxygen atoms in total. The standard InChI is InChI=1S/C14H13F3N2O4/c1-7(20)18-10-5-8(4-9(6-10)14(15,16)17)11(21)19-13(2-3-13)12(22)23/h4-6H,2-3H2,1H3,(H,18,20)(H,19,21)(H,22,23). The lowest BCUT2D eigenvalue weighted by Gasteiger charge is -2.15. The minimum absolute atomic E-state index is 0.197. The Morgan fingerprint density at radius 1 is 1.17 bits per heavy atom. The molecule has 0 aromatic heterocycles. The molecule has 0 aliphatic heterocycles. The van der Waals surface area contributed by atoms with Crippen molar-refractivity contribution in [3.8, 4) is 0 Å². The fourth-order valence-corrected chi connectivity index (χ4v) is 2.00. The highest BCUT2D eigenvalue weighted by Gasteiger charge is 2.51. The summed E-state index contributed by atoms with van der Waals surface area (Å²) in [4.78, 5) is 34.1. The van der Waals surface area contributed by atoms with Gasteiger partial charge in [0.15, 0.2) is 0 Å². The van der Waals surface area contributed by atoms with Gasteiger partial charge in [-0.15, -0.1) is 0 Å². The second-order valence-corrected chi connectivity index (χ2v) is 5.32. The smallest absolute Gasteiger partial charge is 0.416 e. The molecule has 0 radical (unpaired) electrons. The number of hydrogen-bond acceptors (Lipinski definition) is 3. The summed E-state index contributed by atoms with van der Waals surface area (Å²) in [7, 11) is 0. The highest BCUT2D eigenvalue weighted by atomic mass is 19.4. The van der Waals surface area contributed by atoms with Gasteiger partial charge in [-0.3, -0.25) is 9.59 Å². The first-order valence-corrected chi connectivity index (χ1v) is 6.59. The molecule has 0 unspecified atom stereocenters. The normalized spacial score (nSPS) is 15.7. The van der Waals surface area contributed by atoms with Crippen LogP contribution >= 0.6 is 0 Å². The Morgan fingerprint density at radius 2 is 1.78 bits per heavy atom. The summed E-state index contributed by atoms with van der Waals surface area (Å²) in [6, 6.07) is 2.37. The van der Waals surface area contributed by atoms with E-state index in [0.29, 0.717) is 12.1 Å². The van der Waals surface area contributed by atoms with Crippen LogP contribution in [-0.2, 0) is 15.8 Å². The number of carboxylic acids is 1. The van der Waals surface area contributed by atoms with Gasteiger partial charge in [0.2, 0.25) is 5.91 Å². The molecular weight excluding hydrogens is 317 g/mol. The van der Waals surface area contributed by atoms with Crippen molar-refractivity contribution in [2.75, 3.05) is 5.32 Å². The molecule has 1 aromatic carbocycles. The minimum atomic E-state index is -4.71. The Bertz CT molecular complexity index is 681. The molecule has 0 bridgehead atoms. The molecule has 2 rings (SSSR count). The average molecular weight is 330 g/mol. The summed E-state index contributed by atoms with van der Waals surface area (Å²) in [5.74, 6) is -2.78. The number of carbonyl (C=O) groups is 3. The molecule has 3 N–H and O–H groups in total. The Balaban J connectivity index is 2.34. The van der Waals surface area contributed by atoms with Crippen molar-refractivity contribution in [2.45, 2.75) is 31.5 Å². The summed E-state index contributed by atoms with van der Waals surface area (Å²) < 4.78 is 38.7. The third kappa shape index (κ3) is 3.79. The Hall–Kier alpha value is -2.58. The third-order valence-electron chi connectivity index (χ3n) is 3.36. The Morgan fingerprint density at radius 3 is 2.22 bits per heavy atom. The molecule has 2 amide bonds. The first kappa shape index (κ1) is 16.8. The van der Waals surface area contributed by atoms with Crippen LogP contribution in [-0.4, -0.2) is 28.4 Å². The number of rotatable bonds is 4. The fourth-order valence-electron chi connectivity index (χ4n) is 2.00. The van der Waals surface area contributed by atoms with E-state index in [4.69, 9.17) is 5.11 Å². The van der Waals surface area contributed by atoms with E-state index in [0.717, 1.165) is 13.0 Å². The zero-order valence-corrected chi connectivity index (χ0v) is 12.0. The zero-order valence-electron chi connectivity index (χ0n) is 12.0. The lowest BCUT2D eigenvalue weighted by Crippen LogP contribution is -2.43. The fraction of sp³-hybridized carbons (Fsp3) is 0.357. The number of carbonyl (C=O) groups excluding carboxylic acids is 2. The van der Waals surface area contributed by atoms with Crippen LogP contribution in [0.4, 0.5) is 18.9 Å². The van der Waals surface area contributed by atoms with Crippen molar-refractivity contribution in [3.05, 3.63) is 29.3 Å². The first-order valence-electron chi connectivity index (χ1n) is 6.59. The Labute approximate surface area is 128 Å². The zero-order chi connectivity index (χ0) is 17.4. The van der Waals surface area contributed by atoms with Gasteiger partial charge in [0.05, 0.1) is 5.56 Å².